The van der Waals surface area contributed by atoms with Gasteiger partial charge < -0.3 is 5.73 Å². The van der Waals surface area contributed by atoms with Gasteiger partial charge in [-0.1, -0.05) is 30.0 Å². The van der Waals surface area contributed by atoms with E-state index in [1.165, 1.54) is 18.1 Å². The molecule has 0 aliphatic heterocycles. The first kappa shape index (κ1) is 13.3. The van der Waals surface area contributed by atoms with Crippen LogP contribution in [0.2, 0.25) is 0 Å². The number of imide groups is 1. The van der Waals surface area contributed by atoms with Crippen molar-refractivity contribution in [1.82, 2.24) is 15.3 Å². The maximum absolute atomic E-state index is 11.6. The predicted molar refractivity (Wildman–Crippen MR) is 72.6 cm³/mol. The zero-order valence-electron chi connectivity index (χ0n) is 10.2. The molecule has 0 aliphatic carbocycles. The average Bonchev–Trinajstić information content (AvgIpc) is 2.38. The van der Waals surface area contributed by atoms with E-state index < -0.39 is 17.2 Å². The Balaban J connectivity index is 2.21. The molecular formula is C12H12N4O2S. The van der Waals surface area contributed by atoms with Gasteiger partial charge in [0.05, 0.1) is 10.8 Å². The number of nitrogens with zero attached hydrogens (tertiary/aromatic N) is 2. The largest absolute Gasteiger partial charge is 0.351 e. The second kappa shape index (κ2) is 5.66. The summed E-state index contributed by atoms with van der Waals surface area (Å²) in [6.45, 7) is 1.68. The molecular weight excluding hydrogens is 264 g/mol. The molecule has 2 aromatic rings. The van der Waals surface area contributed by atoms with Crippen LogP contribution < -0.4 is 11.1 Å². The number of primary amides is 1. The minimum absolute atomic E-state index is 0.444. The molecule has 0 spiro atoms. The van der Waals surface area contributed by atoms with Crippen LogP contribution in [-0.2, 0) is 4.79 Å². The molecule has 1 heterocycles. The summed E-state index contributed by atoms with van der Waals surface area (Å²) in [6, 6.07) is 6.66. The monoisotopic (exact) mass is 276 g/mol. The van der Waals surface area contributed by atoms with Crippen LogP contribution in [0.4, 0.5) is 4.79 Å². The lowest BCUT2D eigenvalue weighted by Gasteiger charge is -2.10. The number of para-hydroxylation sites is 1. The highest BCUT2D eigenvalue weighted by Gasteiger charge is 2.17. The number of carbonyl (C=O) groups is 2. The van der Waals surface area contributed by atoms with Gasteiger partial charge in [-0.2, -0.15) is 0 Å². The molecule has 0 radical (unpaired) electrons. The van der Waals surface area contributed by atoms with Gasteiger partial charge in [0.1, 0.15) is 11.4 Å². The molecule has 2 rings (SSSR count). The van der Waals surface area contributed by atoms with Crippen LogP contribution in [0.3, 0.4) is 0 Å². The molecule has 1 aromatic carbocycles. The van der Waals surface area contributed by atoms with Gasteiger partial charge in [-0.15, -0.1) is 0 Å². The molecule has 19 heavy (non-hydrogen) atoms. The molecule has 0 fully saturated rings. The van der Waals surface area contributed by atoms with Gasteiger partial charge in [-0.25, -0.2) is 14.8 Å². The van der Waals surface area contributed by atoms with Gasteiger partial charge in [0.25, 0.3) is 0 Å². The van der Waals surface area contributed by atoms with Gasteiger partial charge in [0.2, 0.25) is 5.91 Å². The maximum Gasteiger partial charge on any atom is 0.318 e. The zero-order valence-corrected chi connectivity index (χ0v) is 11.0. The van der Waals surface area contributed by atoms with E-state index in [9.17, 15) is 9.59 Å². The zero-order chi connectivity index (χ0) is 13.8. The first-order valence-corrected chi connectivity index (χ1v) is 6.42. The SMILES string of the molecule is CC(Sc1ncnc2ccccc12)C(=O)NC(N)=O. The summed E-state index contributed by atoms with van der Waals surface area (Å²) in [5.74, 6) is -0.444. The summed E-state index contributed by atoms with van der Waals surface area (Å²) >= 11 is 1.25. The fraction of sp³-hybridized carbons (Fsp3) is 0.167. The molecule has 0 saturated carbocycles. The van der Waals surface area contributed by atoms with Crippen LogP contribution in [0.25, 0.3) is 10.9 Å². The number of nitrogens with two attached hydrogens (primary N) is 1. The van der Waals surface area contributed by atoms with Crippen molar-refractivity contribution in [3.63, 3.8) is 0 Å². The number of thioether (sulfide) groups is 1. The van der Waals surface area contributed by atoms with Gasteiger partial charge in [-0.3, -0.25) is 10.1 Å². The van der Waals surface area contributed by atoms with Crippen molar-refractivity contribution in [2.75, 3.05) is 0 Å². The lowest BCUT2D eigenvalue weighted by atomic mass is 10.2. The number of hydrogen-bond donors (Lipinski definition) is 2. The third-order valence-corrected chi connectivity index (χ3v) is 3.53. The number of aromatic nitrogens is 2. The summed E-state index contributed by atoms with van der Waals surface area (Å²) in [4.78, 5) is 30.6. The summed E-state index contributed by atoms with van der Waals surface area (Å²) in [7, 11) is 0. The number of hydrogen-bond acceptors (Lipinski definition) is 5. The van der Waals surface area contributed by atoms with E-state index in [-0.39, 0.29) is 0 Å². The number of fused-ring (bicyclic) bond motifs is 1. The Bertz CT molecular complexity index is 627. The fourth-order valence-corrected chi connectivity index (χ4v) is 2.43. The van der Waals surface area contributed by atoms with Crippen molar-refractivity contribution in [1.29, 1.82) is 0 Å². The molecule has 6 nitrogen and oxygen atoms in total. The molecule has 1 atom stereocenters. The number of benzene rings is 1. The molecule has 3 N–H and O–H groups in total. The summed E-state index contributed by atoms with van der Waals surface area (Å²) in [5, 5.41) is 3.13. The second-order valence-corrected chi connectivity index (χ2v) is 5.14. The van der Waals surface area contributed by atoms with Crippen LogP contribution in [0, 0.1) is 0 Å². The predicted octanol–water partition coefficient (Wildman–Crippen LogP) is 1.31. The van der Waals surface area contributed by atoms with E-state index in [0.717, 1.165) is 10.9 Å². The lowest BCUT2D eigenvalue weighted by molar-refractivity contribution is -0.119. The van der Waals surface area contributed by atoms with Gasteiger partial charge in [0.15, 0.2) is 0 Å². The first-order chi connectivity index (χ1) is 9.08. The number of carbonyl (C=O) groups excluding carboxylic acids is 2. The first-order valence-electron chi connectivity index (χ1n) is 5.54. The van der Waals surface area contributed by atoms with E-state index in [4.69, 9.17) is 5.73 Å². The van der Waals surface area contributed by atoms with Crippen molar-refractivity contribution in [2.24, 2.45) is 5.73 Å². The Kier molecular flexibility index (Phi) is 3.96. The Morgan fingerprint density at radius 2 is 2.05 bits per heavy atom. The fourth-order valence-electron chi connectivity index (χ4n) is 1.52. The Labute approximate surface area is 113 Å². The summed E-state index contributed by atoms with van der Waals surface area (Å²) in [6.07, 6.45) is 1.45. The van der Waals surface area contributed by atoms with Crippen molar-refractivity contribution < 1.29 is 9.59 Å². The molecule has 1 aromatic heterocycles. The van der Waals surface area contributed by atoms with Crippen molar-refractivity contribution in [3.8, 4) is 0 Å². The van der Waals surface area contributed by atoms with Gasteiger partial charge in [0, 0.05) is 5.39 Å². The molecule has 1 unspecified atom stereocenters. The van der Waals surface area contributed by atoms with Crippen LogP contribution in [0.15, 0.2) is 35.6 Å². The number of urea groups is 1. The highest BCUT2D eigenvalue weighted by atomic mass is 32.2. The van der Waals surface area contributed by atoms with Crippen molar-refractivity contribution in [3.05, 3.63) is 30.6 Å². The third kappa shape index (κ3) is 3.19. The molecule has 98 valence electrons. The number of amides is 3. The minimum atomic E-state index is -0.856. The molecule has 3 amide bonds. The minimum Gasteiger partial charge on any atom is -0.351 e. The molecule has 7 heteroatoms. The lowest BCUT2D eigenvalue weighted by Crippen LogP contribution is -2.39. The van der Waals surface area contributed by atoms with E-state index in [1.807, 2.05) is 29.6 Å². The van der Waals surface area contributed by atoms with E-state index in [0.29, 0.717) is 5.03 Å². The maximum atomic E-state index is 11.6. The topological polar surface area (TPSA) is 98.0 Å². The smallest absolute Gasteiger partial charge is 0.318 e. The highest BCUT2D eigenvalue weighted by Crippen LogP contribution is 2.27. The normalized spacial score (nSPS) is 12.1. The third-order valence-electron chi connectivity index (χ3n) is 2.41. The van der Waals surface area contributed by atoms with Crippen LogP contribution in [0.5, 0.6) is 0 Å². The molecule has 0 bridgehead atoms. The average molecular weight is 276 g/mol. The Morgan fingerprint density at radius 1 is 1.32 bits per heavy atom. The van der Waals surface area contributed by atoms with Gasteiger partial charge >= 0.3 is 6.03 Å². The van der Waals surface area contributed by atoms with Crippen LogP contribution in [0.1, 0.15) is 6.92 Å². The van der Waals surface area contributed by atoms with E-state index in [2.05, 4.69) is 9.97 Å². The van der Waals surface area contributed by atoms with E-state index >= 15 is 0 Å². The standard InChI is InChI=1S/C12H12N4O2S/c1-7(10(17)16-12(13)18)19-11-8-4-2-3-5-9(8)14-6-15-11/h2-7H,1H3,(H3,13,16,17,18). The quantitative estimate of drug-likeness (QED) is 0.650. The summed E-state index contributed by atoms with van der Waals surface area (Å²) < 4.78 is 0. The second-order valence-electron chi connectivity index (χ2n) is 3.81. The number of rotatable bonds is 3. The Morgan fingerprint density at radius 3 is 2.79 bits per heavy atom. The van der Waals surface area contributed by atoms with Crippen LogP contribution >= 0.6 is 11.8 Å². The van der Waals surface area contributed by atoms with Crippen molar-refractivity contribution in [2.45, 2.75) is 17.2 Å². The molecule has 0 saturated heterocycles. The van der Waals surface area contributed by atoms with Crippen molar-refractivity contribution >= 4 is 34.6 Å². The Hall–Kier alpha value is -2.15. The van der Waals surface area contributed by atoms with Crippen LogP contribution in [-0.4, -0.2) is 27.2 Å². The van der Waals surface area contributed by atoms with E-state index in [1.54, 1.807) is 6.92 Å². The highest BCUT2D eigenvalue weighted by molar-refractivity contribution is 8.00. The summed E-state index contributed by atoms with van der Waals surface area (Å²) in [5.41, 5.74) is 5.72. The van der Waals surface area contributed by atoms with Gasteiger partial charge in [-0.05, 0) is 13.0 Å². The molecule has 0 aliphatic rings. The number of nitrogens with one attached hydrogen (secondary N) is 1.